The topological polar surface area (TPSA) is 164 Å². The van der Waals surface area contributed by atoms with Crippen LogP contribution in [-0.4, -0.2) is 39.8 Å². The molecular formula is C31H28N10O2S. The quantitative estimate of drug-likeness (QED) is 0.191. The number of anilines is 1. The molecule has 6 rings (SSSR count). The highest BCUT2D eigenvalue weighted by atomic mass is 32.2. The van der Waals surface area contributed by atoms with E-state index in [0.717, 1.165) is 11.3 Å². The maximum atomic E-state index is 14.3. The number of aryl methyl sites for hydroxylation is 1. The summed E-state index contributed by atoms with van der Waals surface area (Å²) in [4.78, 5) is 36.9. The van der Waals surface area contributed by atoms with Gasteiger partial charge in [-0.15, -0.1) is 5.10 Å². The summed E-state index contributed by atoms with van der Waals surface area (Å²) in [6, 6.07) is 15.5. The Labute approximate surface area is 256 Å². The van der Waals surface area contributed by atoms with Gasteiger partial charge in [-0.25, -0.2) is 14.5 Å². The summed E-state index contributed by atoms with van der Waals surface area (Å²) in [5.41, 5.74) is 9.38. The van der Waals surface area contributed by atoms with Gasteiger partial charge in [-0.1, -0.05) is 48.1 Å². The third kappa shape index (κ3) is 5.06. The number of nitrogen functional groups attached to an aromatic ring is 1. The number of hydrogen-bond donors (Lipinski definition) is 3. The van der Waals surface area contributed by atoms with E-state index in [2.05, 4.69) is 32.3 Å². The van der Waals surface area contributed by atoms with Gasteiger partial charge >= 0.3 is 0 Å². The van der Waals surface area contributed by atoms with Crippen LogP contribution < -0.4 is 21.7 Å². The van der Waals surface area contributed by atoms with Crippen molar-refractivity contribution in [2.24, 2.45) is 12.2 Å². The van der Waals surface area contributed by atoms with Crippen LogP contribution in [0.5, 0.6) is 0 Å². The van der Waals surface area contributed by atoms with Crippen molar-refractivity contribution < 1.29 is 4.79 Å². The maximum absolute atomic E-state index is 14.3. The van der Waals surface area contributed by atoms with Gasteiger partial charge in [0.05, 0.1) is 45.3 Å². The zero-order valence-electron chi connectivity index (χ0n) is 24.1. The van der Waals surface area contributed by atoms with Crippen LogP contribution in [-0.2, 0) is 7.05 Å². The maximum Gasteiger partial charge on any atom is 0.267 e. The average molecular weight is 605 g/mol. The molecule has 220 valence electrons. The van der Waals surface area contributed by atoms with Crippen molar-refractivity contribution in [3.63, 3.8) is 0 Å². The van der Waals surface area contributed by atoms with Crippen molar-refractivity contribution in [3.8, 4) is 17.5 Å². The van der Waals surface area contributed by atoms with E-state index < -0.39 is 11.9 Å². The molecular weight excluding hydrogens is 576 g/mol. The van der Waals surface area contributed by atoms with E-state index in [-0.39, 0.29) is 22.2 Å². The Kier molecular flexibility index (Phi) is 7.60. The van der Waals surface area contributed by atoms with Gasteiger partial charge in [0, 0.05) is 25.0 Å². The second-order valence-electron chi connectivity index (χ2n) is 10.1. The second-order valence-corrected chi connectivity index (χ2v) is 11.1. The van der Waals surface area contributed by atoms with E-state index in [0.29, 0.717) is 33.6 Å². The summed E-state index contributed by atoms with van der Waals surface area (Å²) in [7, 11) is 1.84. The smallest absolute Gasteiger partial charge is 0.267 e. The van der Waals surface area contributed by atoms with Crippen molar-refractivity contribution in [1.82, 2.24) is 39.2 Å². The minimum atomic E-state index is -0.708. The minimum Gasteiger partial charge on any atom is -0.381 e. The lowest BCUT2D eigenvalue weighted by Gasteiger charge is -2.20. The number of benzene rings is 2. The molecule has 12 nitrogen and oxygen atoms in total. The highest BCUT2D eigenvalue weighted by Gasteiger charge is 2.25. The Morgan fingerprint density at radius 1 is 1.05 bits per heavy atom. The van der Waals surface area contributed by atoms with Crippen LogP contribution in [0.2, 0.25) is 0 Å². The molecule has 6 aromatic rings. The fraction of sp³-hybridized carbons (Fsp3) is 0.161. The molecule has 13 heteroatoms. The second kappa shape index (κ2) is 11.7. The zero-order chi connectivity index (χ0) is 31.0. The molecule has 0 fully saturated rings. The number of hydrogen-bond acceptors (Lipinski definition) is 9. The minimum absolute atomic E-state index is 0.0255. The number of nitrogens with one attached hydrogen (secondary N) is 1. The highest BCUT2D eigenvalue weighted by Crippen LogP contribution is 2.26. The summed E-state index contributed by atoms with van der Waals surface area (Å²) < 4.78 is 4.69. The zero-order valence-corrected chi connectivity index (χ0v) is 24.9. The lowest BCUT2D eigenvalue weighted by atomic mass is 10.1. The van der Waals surface area contributed by atoms with Gasteiger partial charge in [0.15, 0.2) is 11.5 Å². The number of para-hydroxylation sites is 1. The summed E-state index contributed by atoms with van der Waals surface area (Å²) in [6.07, 6.45) is 4.90. The number of fused-ring (bicyclic) bond motifs is 2. The Morgan fingerprint density at radius 3 is 2.59 bits per heavy atom. The van der Waals surface area contributed by atoms with Gasteiger partial charge in [-0.05, 0) is 44.2 Å². The first-order valence-corrected chi connectivity index (χ1v) is 14.6. The average Bonchev–Trinajstić information content (AvgIpc) is 3.57. The molecule has 0 bridgehead atoms. The van der Waals surface area contributed by atoms with E-state index in [1.54, 1.807) is 54.5 Å². The number of carbonyl (C=O) groups excluding carboxylic acids is 1. The number of rotatable bonds is 6. The lowest BCUT2D eigenvalue weighted by Crippen LogP contribution is -2.33. The van der Waals surface area contributed by atoms with Gasteiger partial charge in [0.25, 0.3) is 11.5 Å². The summed E-state index contributed by atoms with van der Waals surface area (Å²) in [6.45, 7) is 3.74. The first-order valence-electron chi connectivity index (χ1n) is 13.7. The first kappa shape index (κ1) is 28.7. The van der Waals surface area contributed by atoms with Crippen LogP contribution >= 0.6 is 11.9 Å². The molecule has 0 aliphatic carbocycles. The van der Waals surface area contributed by atoms with E-state index in [1.807, 2.05) is 44.3 Å². The van der Waals surface area contributed by atoms with Crippen LogP contribution in [0.15, 0.2) is 78.0 Å². The van der Waals surface area contributed by atoms with E-state index in [4.69, 9.17) is 15.9 Å². The van der Waals surface area contributed by atoms with Gasteiger partial charge in [-0.3, -0.25) is 24.0 Å². The monoisotopic (exact) mass is 604 g/mol. The molecule has 2 unspecified atom stereocenters. The van der Waals surface area contributed by atoms with Gasteiger partial charge in [0.1, 0.15) is 11.4 Å². The predicted molar refractivity (Wildman–Crippen MR) is 170 cm³/mol. The normalized spacial score (nSPS) is 12.5. The molecule has 0 saturated heterocycles. The highest BCUT2D eigenvalue weighted by molar-refractivity contribution is 7.97. The van der Waals surface area contributed by atoms with Crippen molar-refractivity contribution >= 4 is 40.2 Å². The van der Waals surface area contributed by atoms with Gasteiger partial charge in [-0.2, -0.15) is 5.10 Å². The summed E-state index contributed by atoms with van der Waals surface area (Å²) >= 11 is 1.21. The Bertz CT molecular complexity index is 2160. The number of nitrogens with two attached hydrogens (primary N) is 2. The van der Waals surface area contributed by atoms with Crippen LogP contribution in [0.4, 0.5) is 5.82 Å². The largest absolute Gasteiger partial charge is 0.381 e. The molecule has 1 amide bonds. The fourth-order valence-electron chi connectivity index (χ4n) is 5.15. The Balaban J connectivity index is 1.47. The molecule has 44 heavy (non-hydrogen) atoms. The molecule has 0 aliphatic heterocycles. The first-order chi connectivity index (χ1) is 21.3. The number of aromatic nitrogens is 7. The molecule has 0 radical (unpaired) electrons. The Hall–Kier alpha value is -5.45. The van der Waals surface area contributed by atoms with Crippen molar-refractivity contribution in [3.05, 3.63) is 112 Å². The molecule has 0 aliphatic rings. The summed E-state index contributed by atoms with van der Waals surface area (Å²) in [5, 5.41) is 17.6. The predicted octanol–water partition coefficient (Wildman–Crippen LogP) is 3.30. The van der Waals surface area contributed by atoms with Crippen LogP contribution in [0, 0.1) is 11.8 Å². The Morgan fingerprint density at radius 2 is 1.82 bits per heavy atom. The van der Waals surface area contributed by atoms with Gasteiger partial charge < -0.3 is 11.1 Å². The fourth-order valence-corrected chi connectivity index (χ4v) is 5.56. The standard InChI is InChI=1S/C31H28N10O2S/c1-18(36-30(42)25-27(32)38-40-16-8-15-34-29(25)40)28-37-23-12-7-9-20(13-14-21-17-35-39(3)26(21)19(2)44-33)24(23)31(43)41(28)22-10-5-4-6-11-22/h4-12,15-19H,33H2,1-3H3,(H2,32,38)(H,36,42). The van der Waals surface area contributed by atoms with Crippen LogP contribution in [0.1, 0.15) is 58.1 Å². The molecule has 0 saturated carbocycles. The molecule has 2 atom stereocenters. The molecule has 4 aromatic heterocycles. The molecule has 5 N–H and O–H groups in total. The van der Waals surface area contributed by atoms with E-state index in [1.165, 1.54) is 21.0 Å². The SMILES string of the molecule is CC(NC(=O)c1c(N)nn2cccnc12)c1nc2cccc(C#Cc3cnn(C)c3C(C)SN)c2c(=O)n1-c1ccccc1. The third-order valence-corrected chi connectivity index (χ3v) is 7.86. The van der Waals surface area contributed by atoms with Crippen molar-refractivity contribution in [2.75, 3.05) is 5.73 Å². The molecule has 0 spiro atoms. The third-order valence-electron chi connectivity index (χ3n) is 7.23. The lowest BCUT2D eigenvalue weighted by molar-refractivity contribution is 0.0940. The van der Waals surface area contributed by atoms with Gasteiger partial charge in [0.2, 0.25) is 0 Å². The molecule has 2 aromatic carbocycles. The van der Waals surface area contributed by atoms with E-state index in [9.17, 15) is 9.59 Å². The number of nitrogens with zero attached hydrogens (tertiary/aromatic N) is 7. The van der Waals surface area contributed by atoms with Crippen molar-refractivity contribution in [1.29, 1.82) is 0 Å². The van der Waals surface area contributed by atoms with Crippen molar-refractivity contribution in [2.45, 2.75) is 25.1 Å². The van der Waals surface area contributed by atoms with Crippen LogP contribution in [0.25, 0.3) is 22.2 Å². The summed E-state index contributed by atoms with van der Waals surface area (Å²) in [5.74, 6) is 6.24. The number of amides is 1. The van der Waals surface area contributed by atoms with Crippen LogP contribution in [0.3, 0.4) is 0 Å². The number of carbonyl (C=O) groups is 1. The van der Waals surface area contributed by atoms with E-state index >= 15 is 0 Å². The molecule has 4 heterocycles.